The average molecular weight is 406 g/mol. The van der Waals surface area contributed by atoms with Crippen molar-refractivity contribution >= 4 is 29.1 Å². The number of hydrogen-bond acceptors (Lipinski definition) is 3. The van der Waals surface area contributed by atoms with Crippen LogP contribution < -0.4 is 10.6 Å². The van der Waals surface area contributed by atoms with Crippen LogP contribution in [0.25, 0.3) is 5.57 Å². The summed E-state index contributed by atoms with van der Waals surface area (Å²) in [7, 11) is 1.83. The molecule has 4 amide bonds. The van der Waals surface area contributed by atoms with Crippen LogP contribution in [0.15, 0.2) is 47.5 Å². The quantitative estimate of drug-likeness (QED) is 0.788. The maximum Gasteiger partial charge on any atom is 0.342 e. The van der Waals surface area contributed by atoms with Crippen molar-refractivity contribution in [3.8, 4) is 0 Å². The topological polar surface area (TPSA) is 90.9 Å². The fraction of sp³-hybridized carbons (Fsp3) is 0.391. The number of nitrogens with one attached hydrogen (secondary N) is 2. The Kier molecular flexibility index (Phi) is 5.53. The van der Waals surface area contributed by atoms with Crippen LogP contribution in [0.5, 0.6) is 0 Å². The number of urea groups is 1. The summed E-state index contributed by atoms with van der Waals surface area (Å²) in [5.41, 5.74) is 3.27. The van der Waals surface area contributed by atoms with Crippen molar-refractivity contribution in [1.82, 2.24) is 15.5 Å². The molecule has 1 aromatic rings. The number of nitrogens with zero attached hydrogens (tertiary/aromatic N) is 2. The second-order valence-electron chi connectivity index (χ2n) is 8.00. The van der Waals surface area contributed by atoms with Crippen LogP contribution in [-0.2, 0) is 4.79 Å². The lowest BCUT2D eigenvalue weighted by Gasteiger charge is -2.25. The van der Waals surface area contributed by atoms with Crippen molar-refractivity contribution in [2.24, 2.45) is 4.99 Å². The first-order valence-electron chi connectivity index (χ1n) is 10.4. The van der Waals surface area contributed by atoms with Crippen molar-refractivity contribution in [1.29, 1.82) is 0 Å². The van der Waals surface area contributed by atoms with Gasteiger partial charge in [-0.15, -0.1) is 0 Å². The van der Waals surface area contributed by atoms with Crippen LogP contribution >= 0.6 is 0 Å². The molecule has 1 heterocycles. The third-order valence-corrected chi connectivity index (χ3v) is 6.02. The van der Waals surface area contributed by atoms with Crippen molar-refractivity contribution in [2.75, 3.05) is 7.05 Å². The molecule has 156 valence electrons. The van der Waals surface area contributed by atoms with Gasteiger partial charge in [0.05, 0.1) is 11.8 Å². The first-order valence-corrected chi connectivity index (χ1v) is 10.4. The van der Waals surface area contributed by atoms with Gasteiger partial charge in [0, 0.05) is 31.1 Å². The summed E-state index contributed by atoms with van der Waals surface area (Å²) in [5.74, 6) is 0.0449. The molecule has 1 aromatic carbocycles. The maximum atomic E-state index is 12.9. The monoisotopic (exact) mass is 406 g/mol. The number of carbonyl (C=O) groups is 3. The van der Waals surface area contributed by atoms with Crippen LogP contribution in [0.4, 0.5) is 4.79 Å². The van der Waals surface area contributed by atoms with Gasteiger partial charge in [0.15, 0.2) is 0 Å². The molecule has 4 rings (SSSR count). The standard InChI is InChI=1S/C23H26N4O3/c1-3-21(28)24-17-9-10-18(13-17)27(2)22(29)15-6-4-14(5-7-15)16-8-11-19-20(12-16)26-23(30)25-19/h4-8,11-12,17-19H,3,9-10,13H2,1-2H3,(H,24,28)(H,25,30)/t17-,18+,19?/m0/s1. The van der Waals surface area contributed by atoms with Gasteiger partial charge in [-0.2, -0.15) is 4.99 Å². The molecule has 0 spiro atoms. The predicted molar refractivity (Wildman–Crippen MR) is 115 cm³/mol. The Bertz CT molecular complexity index is 961. The van der Waals surface area contributed by atoms with Crippen molar-refractivity contribution in [3.63, 3.8) is 0 Å². The third kappa shape index (κ3) is 4.06. The fourth-order valence-electron chi connectivity index (χ4n) is 4.23. The molecule has 1 saturated carbocycles. The molecule has 1 unspecified atom stereocenters. The number of hydrogen-bond donors (Lipinski definition) is 2. The maximum absolute atomic E-state index is 12.9. The van der Waals surface area contributed by atoms with E-state index in [9.17, 15) is 14.4 Å². The zero-order valence-corrected chi connectivity index (χ0v) is 17.2. The second-order valence-corrected chi connectivity index (χ2v) is 8.00. The van der Waals surface area contributed by atoms with Gasteiger partial charge in [-0.1, -0.05) is 31.2 Å². The minimum Gasteiger partial charge on any atom is -0.353 e. The minimum atomic E-state index is -0.315. The van der Waals surface area contributed by atoms with Crippen LogP contribution in [0.3, 0.4) is 0 Å². The summed E-state index contributed by atoms with van der Waals surface area (Å²) >= 11 is 0. The van der Waals surface area contributed by atoms with E-state index in [0.29, 0.717) is 17.7 Å². The van der Waals surface area contributed by atoms with E-state index in [4.69, 9.17) is 0 Å². The molecule has 3 aliphatic rings. The van der Waals surface area contributed by atoms with Gasteiger partial charge in [0.1, 0.15) is 0 Å². The molecule has 0 aromatic heterocycles. The number of fused-ring (bicyclic) bond motifs is 1. The Morgan fingerprint density at radius 1 is 1.23 bits per heavy atom. The Morgan fingerprint density at radius 3 is 2.73 bits per heavy atom. The summed E-state index contributed by atoms with van der Waals surface area (Å²) in [6, 6.07) is 7.32. The lowest BCUT2D eigenvalue weighted by molar-refractivity contribution is -0.121. The van der Waals surface area contributed by atoms with E-state index in [2.05, 4.69) is 15.6 Å². The van der Waals surface area contributed by atoms with E-state index in [1.807, 2.05) is 56.5 Å². The Hall–Kier alpha value is -3.22. The van der Waals surface area contributed by atoms with E-state index in [1.165, 1.54) is 0 Å². The average Bonchev–Trinajstić information content (AvgIpc) is 3.37. The van der Waals surface area contributed by atoms with E-state index in [1.54, 1.807) is 4.90 Å². The molecular formula is C23H26N4O3. The van der Waals surface area contributed by atoms with Gasteiger partial charge >= 0.3 is 6.03 Å². The number of carbonyl (C=O) groups excluding carboxylic acids is 3. The number of rotatable bonds is 5. The summed E-state index contributed by atoms with van der Waals surface area (Å²) < 4.78 is 0. The molecular weight excluding hydrogens is 380 g/mol. The molecule has 1 fully saturated rings. The first-order chi connectivity index (χ1) is 14.4. The number of benzene rings is 1. The number of aliphatic imine (C=N–C) groups is 1. The van der Waals surface area contributed by atoms with Gasteiger partial charge in [-0.25, -0.2) is 4.79 Å². The zero-order chi connectivity index (χ0) is 21.3. The van der Waals surface area contributed by atoms with E-state index in [0.717, 1.165) is 30.4 Å². The van der Waals surface area contributed by atoms with Crippen molar-refractivity contribution in [2.45, 2.75) is 50.7 Å². The largest absolute Gasteiger partial charge is 0.353 e. The summed E-state index contributed by atoms with van der Waals surface area (Å²) in [6.07, 6.45) is 8.84. The molecule has 0 bridgehead atoms. The van der Waals surface area contributed by atoms with Crippen molar-refractivity contribution in [3.05, 3.63) is 53.6 Å². The smallest absolute Gasteiger partial charge is 0.342 e. The lowest BCUT2D eigenvalue weighted by atomic mass is 9.95. The van der Waals surface area contributed by atoms with Crippen molar-refractivity contribution < 1.29 is 14.4 Å². The molecule has 7 nitrogen and oxygen atoms in total. The highest BCUT2D eigenvalue weighted by Gasteiger charge is 2.31. The molecule has 3 atom stereocenters. The van der Waals surface area contributed by atoms with E-state index >= 15 is 0 Å². The van der Waals surface area contributed by atoms with Gasteiger partial charge < -0.3 is 15.5 Å². The molecule has 0 saturated heterocycles. The SMILES string of the molecule is CCC(=O)N[C@H]1CC[C@@H](N(C)C(=O)c2ccc(C3=CC4=NC(=O)NC4C=C3)cc2)C1. The summed E-state index contributed by atoms with van der Waals surface area (Å²) in [4.78, 5) is 41.7. The highest BCUT2D eigenvalue weighted by molar-refractivity contribution is 6.16. The number of amides is 4. The number of allylic oxidation sites excluding steroid dienone is 2. The lowest BCUT2D eigenvalue weighted by Crippen LogP contribution is -2.38. The van der Waals surface area contributed by atoms with Gasteiger partial charge in [-0.3, -0.25) is 9.59 Å². The Morgan fingerprint density at radius 2 is 2.00 bits per heavy atom. The molecule has 2 aliphatic carbocycles. The molecule has 0 radical (unpaired) electrons. The predicted octanol–water partition coefficient (Wildman–Crippen LogP) is 2.69. The van der Waals surface area contributed by atoms with E-state index in [-0.39, 0.29) is 36.0 Å². The highest BCUT2D eigenvalue weighted by atomic mass is 16.2. The molecule has 2 N–H and O–H groups in total. The zero-order valence-electron chi connectivity index (χ0n) is 17.2. The van der Waals surface area contributed by atoms with E-state index < -0.39 is 0 Å². The van der Waals surface area contributed by atoms with Gasteiger partial charge in [0.2, 0.25) is 5.91 Å². The van der Waals surface area contributed by atoms with Gasteiger partial charge in [-0.05, 0) is 48.6 Å². The Balaban J connectivity index is 1.41. The van der Waals surface area contributed by atoms with Crippen LogP contribution in [0.2, 0.25) is 0 Å². The van der Waals surface area contributed by atoms with Crippen LogP contribution in [-0.4, -0.2) is 53.6 Å². The molecule has 1 aliphatic heterocycles. The third-order valence-electron chi connectivity index (χ3n) is 6.02. The highest BCUT2D eigenvalue weighted by Crippen LogP contribution is 2.26. The summed E-state index contributed by atoms with van der Waals surface area (Å²) in [5, 5.41) is 5.79. The normalized spacial score (nSPS) is 24.6. The fourth-order valence-corrected chi connectivity index (χ4v) is 4.23. The molecule has 30 heavy (non-hydrogen) atoms. The van der Waals surface area contributed by atoms with Gasteiger partial charge in [0.25, 0.3) is 5.91 Å². The Labute approximate surface area is 175 Å². The molecule has 7 heteroatoms. The van der Waals surface area contributed by atoms with Crippen LogP contribution in [0, 0.1) is 0 Å². The minimum absolute atomic E-state index is 0.0165. The first kappa shape index (κ1) is 20.1. The summed E-state index contributed by atoms with van der Waals surface area (Å²) in [6.45, 7) is 1.84. The van der Waals surface area contributed by atoms with Crippen LogP contribution in [0.1, 0.15) is 48.5 Å². The second kappa shape index (κ2) is 8.26.